The number of para-hydroxylation sites is 1. The molecular weight excluding hydrogens is 386 g/mol. The molecule has 0 aliphatic carbocycles. The fourth-order valence-corrected chi connectivity index (χ4v) is 3.03. The van der Waals surface area contributed by atoms with E-state index in [-0.39, 0.29) is 23.9 Å². The summed E-state index contributed by atoms with van der Waals surface area (Å²) in [5.41, 5.74) is 1.45. The second-order valence-corrected chi connectivity index (χ2v) is 6.97. The fourth-order valence-electron chi connectivity index (χ4n) is 2.62. The summed E-state index contributed by atoms with van der Waals surface area (Å²) in [5.74, 6) is -1.31. The molecule has 0 bridgehead atoms. The number of thioether (sulfide) groups is 1. The minimum Gasteiger partial charge on any atom is -0.454 e. The van der Waals surface area contributed by atoms with Gasteiger partial charge in [-0.1, -0.05) is 42.5 Å². The van der Waals surface area contributed by atoms with Crippen molar-refractivity contribution in [3.63, 3.8) is 0 Å². The van der Waals surface area contributed by atoms with Crippen LogP contribution in [0.15, 0.2) is 83.8 Å². The Kier molecular flexibility index (Phi) is 6.81. The SMILES string of the molecule is CSc1ccc(C(=O)COC(=O)c2ccccc2NC(=O)c2ccccc2)cc1. The van der Waals surface area contributed by atoms with Crippen LogP contribution in [-0.2, 0) is 4.74 Å². The topological polar surface area (TPSA) is 72.5 Å². The molecule has 0 radical (unpaired) electrons. The predicted octanol–water partition coefficient (Wildman–Crippen LogP) is 4.70. The normalized spacial score (nSPS) is 10.2. The largest absolute Gasteiger partial charge is 0.454 e. The van der Waals surface area contributed by atoms with Crippen molar-refractivity contribution in [1.29, 1.82) is 0 Å². The van der Waals surface area contributed by atoms with Crippen molar-refractivity contribution in [3.8, 4) is 0 Å². The lowest BCUT2D eigenvalue weighted by atomic mass is 10.1. The highest BCUT2D eigenvalue weighted by Gasteiger charge is 2.17. The third-order valence-corrected chi connectivity index (χ3v) is 4.92. The molecule has 3 rings (SSSR count). The van der Waals surface area contributed by atoms with Crippen LogP contribution in [0.1, 0.15) is 31.1 Å². The lowest BCUT2D eigenvalue weighted by molar-refractivity contribution is 0.0475. The standard InChI is InChI=1S/C23H19NO4S/c1-29-18-13-11-16(12-14-18)21(25)15-28-23(27)19-9-5-6-10-20(19)24-22(26)17-7-3-2-4-8-17/h2-14H,15H2,1H3,(H,24,26). The number of hydrogen-bond acceptors (Lipinski definition) is 5. The number of benzene rings is 3. The summed E-state index contributed by atoms with van der Waals surface area (Å²) in [5, 5.41) is 2.71. The highest BCUT2D eigenvalue weighted by Crippen LogP contribution is 2.18. The number of amides is 1. The van der Waals surface area contributed by atoms with Crippen LogP contribution in [0.5, 0.6) is 0 Å². The first-order chi connectivity index (χ1) is 14.1. The van der Waals surface area contributed by atoms with Gasteiger partial charge in [0.25, 0.3) is 5.91 Å². The van der Waals surface area contributed by atoms with Gasteiger partial charge in [0.1, 0.15) is 0 Å². The Labute approximate surface area is 173 Å². The minimum atomic E-state index is -0.678. The Morgan fingerprint density at radius 1 is 0.828 bits per heavy atom. The number of carbonyl (C=O) groups is 3. The smallest absolute Gasteiger partial charge is 0.340 e. The number of esters is 1. The molecule has 0 heterocycles. The third kappa shape index (κ3) is 5.33. The number of rotatable bonds is 7. The lowest BCUT2D eigenvalue weighted by Gasteiger charge is -2.11. The molecule has 0 atom stereocenters. The van der Waals surface area contributed by atoms with E-state index in [1.165, 1.54) is 0 Å². The molecule has 0 spiro atoms. The van der Waals surface area contributed by atoms with Crippen molar-refractivity contribution < 1.29 is 19.1 Å². The maximum Gasteiger partial charge on any atom is 0.340 e. The number of ether oxygens (including phenoxy) is 1. The maximum absolute atomic E-state index is 12.5. The molecule has 5 nitrogen and oxygen atoms in total. The molecule has 1 N–H and O–H groups in total. The van der Waals surface area contributed by atoms with E-state index in [1.807, 2.05) is 24.5 Å². The lowest BCUT2D eigenvalue weighted by Crippen LogP contribution is -2.18. The second-order valence-electron chi connectivity index (χ2n) is 6.09. The van der Waals surface area contributed by atoms with Crippen molar-refractivity contribution in [2.24, 2.45) is 0 Å². The maximum atomic E-state index is 12.5. The average Bonchev–Trinajstić information content (AvgIpc) is 2.78. The van der Waals surface area contributed by atoms with E-state index < -0.39 is 5.97 Å². The molecule has 0 aromatic heterocycles. The quantitative estimate of drug-likeness (QED) is 0.350. The van der Waals surface area contributed by atoms with Crippen molar-refractivity contribution in [2.45, 2.75) is 4.90 Å². The molecule has 0 saturated carbocycles. The summed E-state index contributed by atoms with van der Waals surface area (Å²) in [4.78, 5) is 38.2. The van der Waals surface area contributed by atoms with Gasteiger partial charge in [0, 0.05) is 16.0 Å². The number of carbonyl (C=O) groups excluding carboxylic acids is 3. The average molecular weight is 405 g/mol. The van der Waals surface area contributed by atoms with E-state index in [2.05, 4.69) is 5.32 Å². The number of anilines is 1. The van der Waals surface area contributed by atoms with Gasteiger partial charge in [0.15, 0.2) is 12.4 Å². The molecule has 6 heteroatoms. The molecular formula is C23H19NO4S. The van der Waals surface area contributed by atoms with E-state index in [0.29, 0.717) is 16.8 Å². The highest BCUT2D eigenvalue weighted by atomic mass is 32.2. The first-order valence-corrected chi connectivity index (χ1v) is 10.1. The monoisotopic (exact) mass is 405 g/mol. The summed E-state index contributed by atoms with van der Waals surface area (Å²) in [6.45, 7) is -0.377. The third-order valence-electron chi connectivity index (χ3n) is 4.18. The van der Waals surface area contributed by atoms with Gasteiger partial charge in [-0.25, -0.2) is 4.79 Å². The molecule has 0 saturated heterocycles. The van der Waals surface area contributed by atoms with Crippen LogP contribution in [0.25, 0.3) is 0 Å². The highest BCUT2D eigenvalue weighted by molar-refractivity contribution is 7.98. The summed E-state index contributed by atoms with van der Waals surface area (Å²) in [6, 6.07) is 22.3. The van der Waals surface area contributed by atoms with Gasteiger partial charge >= 0.3 is 5.97 Å². The van der Waals surface area contributed by atoms with Crippen LogP contribution >= 0.6 is 11.8 Å². The Morgan fingerprint density at radius 2 is 1.48 bits per heavy atom. The molecule has 3 aromatic carbocycles. The molecule has 29 heavy (non-hydrogen) atoms. The van der Waals surface area contributed by atoms with Crippen LogP contribution in [0.3, 0.4) is 0 Å². The molecule has 0 fully saturated rings. The van der Waals surface area contributed by atoms with Crippen LogP contribution < -0.4 is 5.32 Å². The van der Waals surface area contributed by atoms with Gasteiger partial charge in [-0.05, 0) is 42.7 Å². The summed E-state index contributed by atoms with van der Waals surface area (Å²) in [7, 11) is 0. The van der Waals surface area contributed by atoms with Crippen LogP contribution in [0.2, 0.25) is 0 Å². The van der Waals surface area contributed by atoms with Crippen LogP contribution in [0, 0.1) is 0 Å². The predicted molar refractivity (Wildman–Crippen MR) is 114 cm³/mol. The number of nitrogens with one attached hydrogen (secondary N) is 1. The Morgan fingerprint density at radius 3 is 2.17 bits per heavy atom. The van der Waals surface area contributed by atoms with E-state index in [1.54, 1.807) is 72.4 Å². The van der Waals surface area contributed by atoms with Gasteiger partial charge < -0.3 is 10.1 Å². The zero-order valence-corrected chi connectivity index (χ0v) is 16.6. The molecule has 0 unspecified atom stereocenters. The summed E-state index contributed by atoms with van der Waals surface area (Å²) in [6.07, 6.45) is 1.95. The van der Waals surface area contributed by atoms with Gasteiger partial charge in [-0.2, -0.15) is 0 Å². The fraction of sp³-hybridized carbons (Fsp3) is 0.0870. The number of ketones is 1. The van der Waals surface area contributed by atoms with Crippen molar-refractivity contribution in [1.82, 2.24) is 0 Å². The van der Waals surface area contributed by atoms with Crippen molar-refractivity contribution in [2.75, 3.05) is 18.2 Å². The Bertz CT molecular complexity index is 1020. The van der Waals surface area contributed by atoms with E-state index in [9.17, 15) is 14.4 Å². The molecule has 1 amide bonds. The molecule has 0 aliphatic rings. The van der Waals surface area contributed by atoms with Gasteiger partial charge in [-0.15, -0.1) is 11.8 Å². The van der Waals surface area contributed by atoms with E-state index in [0.717, 1.165) is 4.90 Å². The first-order valence-electron chi connectivity index (χ1n) is 8.88. The van der Waals surface area contributed by atoms with Gasteiger partial charge in [0.05, 0.1) is 11.3 Å². The molecule has 3 aromatic rings. The zero-order valence-electron chi connectivity index (χ0n) is 15.8. The van der Waals surface area contributed by atoms with Crippen molar-refractivity contribution in [3.05, 3.63) is 95.6 Å². The zero-order chi connectivity index (χ0) is 20.6. The van der Waals surface area contributed by atoms with Crippen LogP contribution in [-0.4, -0.2) is 30.5 Å². The summed E-state index contributed by atoms with van der Waals surface area (Å²) < 4.78 is 5.18. The van der Waals surface area contributed by atoms with Gasteiger partial charge in [-0.3, -0.25) is 9.59 Å². The molecule has 146 valence electrons. The van der Waals surface area contributed by atoms with Crippen LogP contribution in [0.4, 0.5) is 5.69 Å². The van der Waals surface area contributed by atoms with Gasteiger partial charge in [0.2, 0.25) is 0 Å². The molecule has 0 aliphatic heterocycles. The van der Waals surface area contributed by atoms with E-state index >= 15 is 0 Å². The van der Waals surface area contributed by atoms with E-state index in [4.69, 9.17) is 4.74 Å². The minimum absolute atomic E-state index is 0.183. The summed E-state index contributed by atoms with van der Waals surface area (Å²) >= 11 is 1.58. The number of Topliss-reactive ketones (excluding diaryl/α,β-unsaturated/α-hetero) is 1. The Hall–Kier alpha value is -3.38. The second kappa shape index (κ2) is 9.71. The number of hydrogen-bond donors (Lipinski definition) is 1. The first kappa shape index (κ1) is 20.4. The Balaban J connectivity index is 1.66. The van der Waals surface area contributed by atoms with Crippen molar-refractivity contribution >= 4 is 35.1 Å².